The number of hydrogen-bond acceptors (Lipinski definition) is 4. The third-order valence-electron chi connectivity index (χ3n) is 4.11. The number of aryl methyl sites for hydroxylation is 1. The number of aromatic nitrogens is 1. The van der Waals surface area contributed by atoms with E-state index in [9.17, 15) is 4.79 Å². The average molecular weight is 370 g/mol. The molecule has 1 heterocycles. The van der Waals surface area contributed by atoms with E-state index in [1.165, 1.54) is 0 Å². The van der Waals surface area contributed by atoms with E-state index in [4.69, 9.17) is 4.74 Å². The van der Waals surface area contributed by atoms with Gasteiger partial charge in [-0.05, 0) is 62.8 Å². The summed E-state index contributed by atoms with van der Waals surface area (Å²) >= 11 is 0. The van der Waals surface area contributed by atoms with Gasteiger partial charge >= 0.3 is 6.03 Å². The summed E-state index contributed by atoms with van der Waals surface area (Å²) in [6, 6.07) is 9.49. The van der Waals surface area contributed by atoms with E-state index in [0.29, 0.717) is 19.7 Å². The molecule has 0 aliphatic heterocycles. The molecule has 0 spiro atoms. The number of nitrogens with one attached hydrogen (secondary N) is 1. The lowest BCUT2D eigenvalue weighted by molar-refractivity contribution is 0.202. The Labute approximate surface area is 162 Å². The lowest BCUT2D eigenvalue weighted by Gasteiger charge is -2.25. The number of benzene rings is 1. The number of urea groups is 1. The van der Waals surface area contributed by atoms with Gasteiger partial charge < -0.3 is 19.9 Å². The number of pyridine rings is 1. The minimum atomic E-state index is -0.119. The van der Waals surface area contributed by atoms with Crippen LogP contribution >= 0.6 is 0 Å². The van der Waals surface area contributed by atoms with Gasteiger partial charge in [0.05, 0.1) is 6.61 Å². The van der Waals surface area contributed by atoms with Crippen LogP contribution in [0.15, 0.2) is 42.7 Å². The second-order valence-corrected chi connectivity index (χ2v) is 6.84. The van der Waals surface area contributed by atoms with E-state index in [1.807, 2.05) is 51.4 Å². The number of amides is 2. The maximum absolute atomic E-state index is 12.9. The summed E-state index contributed by atoms with van der Waals surface area (Å²) in [7, 11) is 4.00. The maximum Gasteiger partial charge on any atom is 0.322 e. The topological polar surface area (TPSA) is 57.7 Å². The molecule has 2 rings (SSSR count). The third-order valence-corrected chi connectivity index (χ3v) is 4.11. The predicted molar refractivity (Wildman–Crippen MR) is 109 cm³/mol. The molecule has 1 aromatic carbocycles. The molecule has 0 saturated heterocycles. The summed E-state index contributed by atoms with van der Waals surface area (Å²) < 4.78 is 5.65. The van der Waals surface area contributed by atoms with E-state index in [2.05, 4.69) is 22.1 Å². The Hall–Kier alpha value is -2.60. The van der Waals surface area contributed by atoms with Crippen LogP contribution in [0.2, 0.25) is 0 Å². The molecule has 27 heavy (non-hydrogen) atoms. The summed E-state index contributed by atoms with van der Waals surface area (Å²) in [6.45, 7) is 6.67. The first-order chi connectivity index (χ1) is 13.0. The SMILES string of the molecule is CCCOc1ccc(NC(=O)N(CCN(C)C)Cc2cccnc2)c(C)c1. The number of hydrogen-bond donors (Lipinski definition) is 1. The first-order valence-corrected chi connectivity index (χ1v) is 9.32. The highest BCUT2D eigenvalue weighted by molar-refractivity contribution is 5.90. The van der Waals surface area contributed by atoms with Gasteiger partial charge in [0.1, 0.15) is 5.75 Å². The third kappa shape index (κ3) is 6.90. The summed E-state index contributed by atoms with van der Waals surface area (Å²) in [5.41, 5.74) is 2.78. The predicted octanol–water partition coefficient (Wildman–Crippen LogP) is 3.77. The zero-order valence-electron chi connectivity index (χ0n) is 16.7. The van der Waals surface area contributed by atoms with Crippen molar-refractivity contribution in [1.82, 2.24) is 14.8 Å². The minimum Gasteiger partial charge on any atom is -0.494 e. The average Bonchev–Trinajstić information content (AvgIpc) is 2.66. The van der Waals surface area contributed by atoms with Crippen LogP contribution in [0, 0.1) is 6.92 Å². The molecule has 2 amide bonds. The molecule has 1 aromatic heterocycles. The molecule has 0 bridgehead atoms. The van der Waals surface area contributed by atoms with Gasteiger partial charge in [-0.15, -0.1) is 0 Å². The van der Waals surface area contributed by atoms with Crippen LogP contribution in [0.5, 0.6) is 5.75 Å². The number of carbonyl (C=O) groups excluding carboxylic acids is 1. The maximum atomic E-state index is 12.9. The van der Waals surface area contributed by atoms with Crippen LogP contribution in [0.3, 0.4) is 0 Å². The number of likely N-dealkylation sites (N-methyl/N-ethyl adjacent to an activating group) is 1. The van der Waals surface area contributed by atoms with Gasteiger partial charge in [-0.25, -0.2) is 4.79 Å². The summed E-state index contributed by atoms with van der Waals surface area (Å²) in [5, 5.41) is 3.03. The summed E-state index contributed by atoms with van der Waals surface area (Å²) in [6.07, 6.45) is 4.49. The second kappa shape index (κ2) is 10.5. The smallest absolute Gasteiger partial charge is 0.322 e. The molecule has 1 N–H and O–H groups in total. The minimum absolute atomic E-state index is 0.119. The van der Waals surface area contributed by atoms with Crippen molar-refractivity contribution in [3.8, 4) is 5.75 Å². The van der Waals surface area contributed by atoms with Crippen LogP contribution in [0.1, 0.15) is 24.5 Å². The van der Waals surface area contributed by atoms with E-state index in [0.717, 1.165) is 35.5 Å². The molecular formula is C21H30N4O2. The van der Waals surface area contributed by atoms with Gasteiger partial charge in [0, 0.05) is 37.7 Å². The van der Waals surface area contributed by atoms with Crippen LogP contribution < -0.4 is 10.1 Å². The van der Waals surface area contributed by atoms with Crippen LogP contribution in [0.4, 0.5) is 10.5 Å². The molecule has 0 saturated carbocycles. The van der Waals surface area contributed by atoms with Crippen molar-refractivity contribution in [2.24, 2.45) is 0 Å². The molecule has 146 valence electrons. The van der Waals surface area contributed by atoms with E-state index in [-0.39, 0.29) is 6.03 Å². The standard InChI is InChI=1S/C21H30N4O2/c1-5-13-27-19-8-9-20(17(2)14-19)23-21(26)25(12-11-24(3)4)16-18-7-6-10-22-15-18/h6-10,14-15H,5,11-13,16H2,1-4H3,(H,23,26). The highest BCUT2D eigenvalue weighted by Crippen LogP contribution is 2.22. The molecule has 0 fully saturated rings. The van der Waals surface area contributed by atoms with E-state index < -0.39 is 0 Å². The number of anilines is 1. The molecule has 6 heteroatoms. The van der Waals surface area contributed by atoms with Crippen molar-refractivity contribution in [2.45, 2.75) is 26.8 Å². The van der Waals surface area contributed by atoms with Gasteiger partial charge in [-0.2, -0.15) is 0 Å². The Bertz CT molecular complexity index is 719. The number of rotatable bonds is 9. The Balaban J connectivity index is 2.07. The second-order valence-electron chi connectivity index (χ2n) is 6.84. The fourth-order valence-corrected chi connectivity index (χ4v) is 2.57. The Morgan fingerprint density at radius 3 is 2.67 bits per heavy atom. The first kappa shape index (κ1) is 20.7. The Morgan fingerprint density at radius 1 is 1.22 bits per heavy atom. The van der Waals surface area contributed by atoms with Gasteiger partial charge in [0.2, 0.25) is 0 Å². The molecule has 0 radical (unpaired) electrons. The van der Waals surface area contributed by atoms with E-state index in [1.54, 1.807) is 17.3 Å². The van der Waals surface area contributed by atoms with Gasteiger partial charge in [0.15, 0.2) is 0 Å². The monoisotopic (exact) mass is 370 g/mol. The fourth-order valence-electron chi connectivity index (χ4n) is 2.57. The molecule has 2 aromatic rings. The fraction of sp³-hybridized carbons (Fsp3) is 0.429. The van der Waals surface area contributed by atoms with Crippen LogP contribution in [-0.2, 0) is 6.54 Å². The van der Waals surface area contributed by atoms with Crippen LogP contribution in [-0.4, -0.2) is 54.6 Å². The molecule has 0 atom stereocenters. The van der Waals surface area contributed by atoms with Gasteiger partial charge in [-0.3, -0.25) is 4.98 Å². The molecule has 6 nitrogen and oxygen atoms in total. The molecular weight excluding hydrogens is 340 g/mol. The van der Waals surface area contributed by atoms with Crippen LogP contribution in [0.25, 0.3) is 0 Å². The van der Waals surface area contributed by atoms with Crippen molar-refractivity contribution in [2.75, 3.05) is 39.1 Å². The number of carbonyl (C=O) groups is 1. The highest BCUT2D eigenvalue weighted by atomic mass is 16.5. The first-order valence-electron chi connectivity index (χ1n) is 9.32. The lowest BCUT2D eigenvalue weighted by atomic mass is 10.2. The lowest BCUT2D eigenvalue weighted by Crippen LogP contribution is -2.39. The molecule has 0 aliphatic rings. The summed E-state index contributed by atoms with van der Waals surface area (Å²) in [4.78, 5) is 20.9. The Kier molecular flexibility index (Phi) is 8.07. The molecule has 0 unspecified atom stereocenters. The quantitative estimate of drug-likeness (QED) is 0.730. The highest BCUT2D eigenvalue weighted by Gasteiger charge is 2.15. The van der Waals surface area contributed by atoms with Crippen molar-refractivity contribution in [3.05, 3.63) is 53.9 Å². The Morgan fingerprint density at radius 2 is 2.04 bits per heavy atom. The van der Waals surface area contributed by atoms with Crippen molar-refractivity contribution in [3.63, 3.8) is 0 Å². The van der Waals surface area contributed by atoms with Crippen molar-refractivity contribution in [1.29, 1.82) is 0 Å². The largest absolute Gasteiger partial charge is 0.494 e. The number of ether oxygens (including phenoxy) is 1. The number of nitrogens with zero attached hydrogens (tertiary/aromatic N) is 3. The van der Waals surface area contributed by atoms with Gasteiger partial charge in [0.25, 0.3) is 0 Å². The van der Waals surface area contributed by atoms with Crippen molar-refractivity contribution >= 4 is 11.7 Å². The van der Waals surface area contributed by atoms with Gasteiger partial charge in [-0.1, -0.05) is 13.0 Å². The zero-order chi connectivity index (χ0) is 19.6. The van der Waals surface area contributed by atoms with Crippen molar-refractivity contribution < 1.29 is 9.53 Å². The van der Waals surface area contributed by atoms with E-state index >= 15 is 0 Å². The zero-order valence-corrected chi connectivity index (χ0v) is 16.7. The summed E-state index contributed by atoms with van der Waals surface area (Å²) in [5.74, 6) is 0.826. The molecule has 0 aliphatic carbocycles. The normalized spacial score (nSPS) is 10.7.